The van der Waals surface area contributed by atoms with Crippen LogP contribution in [-0.4, -0.2) is 72.7 Å². The van der Waals surface area contributed by atoms with Crippen LogP contribution in [0, 0.1) is 0 Å². The van der Waals surface area contributed by atoms with Crippen molar-refractivity contribution in [3.05, 3.63) is 22.7 Å². The summed E-state index contributed by atoms with van der Waals surface area (Å²) in [6.07, 6.45) is -3.05. The largest absolute Gasteiger partial charge is 0.481 e. The first-order chi connectivity index (χ1) is 10.7. The molecule has 0 spiro atoms. The molecule has 0 amide bonds. The van der Waals surface area contributed by atoms with E-state index in [4.69, 9.17) is 31.3 Å². The number of carbonyl (C=O) groups is 2. The van der Waals surface area contributed by atoms with E-state index in [9.17, 15) is 14.4 Å². The topological polar surface area (TPSA) is 207 Å². The number of aldehydes is 1. The number of aromatic nitrogens is 2. The van der Waals surface area contributed by atoms with Crippen molar-refractivity contribution in [2.45, 2.75) is 31.7 Å². The van der Waals surface area contributed by atoms with Crippen molar-refractivity contribution in [1.82, 2.24) is 9.97 Å². The molecule has 11 nitrogen and oxygen atoms in total. The number of hydrogen-bond donors (Lipinski definition) is 7. The molecule has 3 atom stereocenters. The highest BCUT2D eigenvalue weighted by atomic mass is 16.4. The number of nitrogens with one attached hydrogen (secondary N) is 1. The van der Waals surface area contributed by atoms with Gasteiger partial charge in [-0.3, -0.25) is 9.78 Å². The minimum atomic E-state index is -1.64. The van der Waals surface area contributed by atoms with Crippen LogP contribution < -0.4 is 11.4 Å². The van der Waals surface area contributed by atoms with Crippen LogP contribution in [0.25, 0.3) is 0 Å². The van der Waals surface area contributed by atoms with Gasteiger partial charge in [0.05, 0.1) is 6.61 Å². The number of anilines is 1. The van der Waals surface area contributed by atoms with Crippen LogP contribution in [0.1, 0.15) is 13.3 Å². The van der Waals surface area contributed by atoms with E-state index in [1.165, 1.54) is 12.3 Å². The molecule has 0 fully saturated rings. The summed E-state index contributed by atoms with van der Waals surface area (Å²) in [5.74, 6) is -0.407. The lowest BCUT2D eigenvalue weighted by molar-refractivity contribution is -0.136. The molecule has 0 radical (unpaired) electrons. The number of hydrogen-bond acceptors (Lipinski definition) is 9. The maximum atomic E-state index is 10.2. The molecule has 0 bridgehead atoms. The molecule has 1 aromatic rings. The first-order valence-electron chi connectivity index (χ1n) is 6.32. The van der Waals surface area contributed by atoms with Gasteiger partial charge in [-0.25, -0.2) is 9.78 Å². The number of aliphatic carboxylic acids is 1. The van der Waals surface area contributed by atoms with Crippen LogP contribution in [0.4, 0.5) is 5.82 Å². The molecular weight excluding hydrogens is 314 g/mol. The number of nitrogen functional groups attached to an aromatic ring is 1. The van der Waals surface area contributed by atoms with Crippen LogP contribution in [-0.2, 0) is 9.59 Å². The number of aromatic amines is 1. The number of aliphatic hydroxyl groups excluding tert-OH is 4. The van der Waals surface area contributed by atoms with Gasteiger partial charge in [0.2, 0.25) is 0 Å². The van der Waals surface area contributed by atoms with Crippen LogP contribution in [0.5, 0.6) is 0 Å². The summed E-state index contributed by atoms with van der Waals surface area (Å²) < 4.78 is 0. The van der Waals surface area contributed by atoms with Crippen LogP contribution in [0.15, 0.2) is 17.1 Å². The van der Waals surface area contributed by atoms with E-state index < -0.39 is 36.6 Å². The van der Waals surface area contributed by atoms with Gasteiger partial charge in [0.15, 0.2) is 6.29 Å². The highest BCUT2D eigenvalue weighted by molar-refractivity contribution is 5.66. The first-order valence-corrected chi connectivity index (χ1v) is 6.32. The maximum Gasteiger partial charge on any atom is 0.346 e. The molecule has 8 N–H and O–H groups in total. The van der Waals surface area contributed by atoms with Crippen molar-refractivity contribution >= 4 is 18.1 Å². The van der Waals surface area contributed by atoms with Gasteiger partial charge in [0, 0.05) is 12.6 Å². The van der Waals surface area contributed by atoms with Gasteiger partial charge in [-0.2, -0.15) is 0 Å². The van der Waals surface area contributed by atoms with Crippen LogP contribution in [0.3, 0.4) is 0 Å². The third-order valence-corrected chi connectivity index (χ3v) is 2.07. The normalized spacial score (nSPS) is 13.3. The van der Waals surface area contributed by atoms with Crippen molar-refractivity contribution < 1.29 is 35.1 Å². The predicted molar refractivity (Wildman–Crippen MR) is 78.4 cm³/mol. The van der Waals surface area contributed by atoms with E-state index in [0.717, 1.165) is 0 Å². The number of H-pyrrole nitrogens is 1. The number of carboxylic acids is 1. The molecule has 0 aliphatic carbocycles. The molecule has 132 valence electrons. The fraction of sp³-hybridized carbons (Fsp3) is 0.500. The molecule has 0 aromatic carbocycles. The zero-order valence-electron chi connectivity index (χ0n) is 12.4. The summed E-state index contributed by atoms with van der Waals surface area (Å²) in [4.78, 5) is 35.0. The van der Waals surface area contributed by atoms with Crippen molar-refractivity contribution in [2.75, 3.05) is 12.3 Å². The monoisotopic (exact) mass is 335 g/mol. The quantitative estimate of drug-likeness (QED) is 0.273. The maximum absolute atomic E-state index is 10.2. The Hall–Kier alpha value is -2.34. The lowest BCUT2D eigenvalue weighted by Crippen LogP contribution is -2.40. The Morgan fingerprint density at radius 3 is 2.22 bits per heavy atom. The average Bonchev–Trinajstić information content (AvgIpc) is 2.53. The molecule has 1 rings (SSSR count). The molecular formula is C12H21N3O8. The van der Waals surface area contributed by atoms with Gasteiger partial charge in [0.1, 0.15) is 24.1 Å². The highest BCUT2D eigenvalue weighted by Crippen LogP contribution is 1.96. The second-order valence-electron chi connectivity index (χ2n) is 3.94. The summed E-state index contributed by atoms with van der Waals surface area (Å²) in [5, 5.41) is 41.8. The second kappa shape index (κ2) is 13.3. The Balaban J connectivity index is 0. The average molecular weight is 335 g/mol. The van der Waals surface area contributed by atoms with E-state index >= 15 is 0 Å². The molecule has 1 aromatic heterocycles. The number of rotatable bonds is 5. The van der Waals surface area contributed by atoms with E-state index in [1.807, 2.05) is 0 Å². The zero-order valence-corrected chi connectivity index (χ0v) is 12.4. The third-order valence-electron chi connectivity index (χ3n) is 2.07. The van der Waals surface area contributed by atoms with Crippen molar-refractivity contribution in [1.29, 1.82) is 0 Å². The van der Waals surface area contributed by atoms with Gasteiger partial charge in [-0.1, -0.05) is 6.92 Å². The van der Waals surface area contributed by atoms with Crippen LogP contribution >= 0.6 is 0 Å². The van der Waals surface area contributed by atoms with E-state index in [2.05, 4.69) is 9.97 Å². The smallest absolute Gasteiger partial charge is 0.346 e. The van der Waals surface area contributed by atoms with Gasteiger partial charge >= 0.3 is 11.7 Å². The molecule has 11 heteroatoms. The van der Waals surface area contributed by atoms with E-state index in [-0.39, 0.29) is 12.7 Å². The molecule has 0 aliphatic rings. The predicted octanol–water partition coefficient (Wildman–Crippen LogP) is -2.91. The van der Waals surface area contributed by atoms with Crippen molar-refractivity contribution in [2.24, 2.45) is 0 Å². The summed E-state index contributed by atoms with van der Waals surface area (Å²) in [6.45, 7) is 0.911. The fourth-order valence-corrected chi connectivity index (χ4v) is 0.799. The minimum Gasteiger partial charge on any atom is -0.481 e. The number of nitrogens with zero attached hydrogens (tertiary/aromatic N) is 1. The fourth-order valence-electron chi connectivity index (χ4n) is 0.799. The molecule has 0 aliphatic heterocycles. The number of aliphatic hydroxyl groups is 4. The van der Waals surface area contributed by atoms with Gasteiger partial charge in [-0.15, -0.1) is 0 Å². The van der Waals surface area contributed by atoms with Gasteiger partial charge in [0.25, 0.3) is 0 Å². The lowest BCUT2D eigenvalue weighted by Gasteiger charge is -2.16. The Morgan fingerprint density at radius 2 is 1.96 bits per heavy atom. The molecule has 0 saturated carbocycles. The van der Waals surface area contributed by atoms with E-state index in [0.29, 0.717) is 5.82 Å². The summed E-state index contributed by atoms with van der Waals surface area (Å²) in [5.41, 5.74) is 4.75. The standard InChI is InChI=1S/C5H10O5.C4H5N3O.C3H6O2/c6-1-3(8)5(10)4(9)2-7;5-3-1-2-6-4(8)7-3;1-2-3(4)5/h1,3-5,7-10H,2H2;1-2H,(H3,5,6,7,8);2H2,1H3,(H,4,5). The summed E-state index contributed by atoms with van der Waals surface area (Å²) in [7, 11) is 0. The minimum absolute atomic E-state index is 0.0869. The highest BCUT2D eigenvalue weighted by Gasteiger charge is 2.22. The number of nitrogens with two attached hydrogens (primary N) is 1. The Labute approximate surface area is 131 Å². The van der Waals surface area contributed by atoms with Gasteiger partial charge < -0.3 is 36.1 Å². The zero-order chi connectivity index (χ0) is 18.4. The molecule has 0 saturated heterocycles. The second-order valence-corrected chi connectivity index (χ2v) is 3.94. The number of carboxylic acid groups (broad SMARTS) is 1. The van der Waals surface area contributed by atoms with Crippen LogP contribution in [0.2, 0.25) is 0 Å². The van der Waals surface area contributed by atoms with E-state index in [1.54, 1.807) is 6.92 Å². The Kier molecular flexibility index (Phi) is 13.3. The summed E-state index contributed by atoms with van der Waals surface area (Å²) in [6, 6.07) is 1.52. The van der Waals surface area contributed by atoms with Crippen molar-refractivity contribution in [3.8, 4) is 0 Å². The SMILES string of the molecule is CCC(=O)O.Nc1ccnc(=O)[nH]1.O=CC(O)C(O)C(O)CO. The Bertz CT molecular complexity index is 507. The molecule has 23 heavy (non-hydrogen) atoms. The van der Waals surface area contributed by atoms with Crippen molar-refractivity contribution in [3.63, 3.8) is 0 Å². The molecule has 1 heterocycles. The lowest BCUT2D eigenvalue weighted by atomic mass is 10.1. The van der Waals surface area contributed by atoms with Gasteiger partial charge in [-0.05, 0) is 6.07 Å². The Morgan fingerprint density at radius 1 is 1.43 bits per heavy atom. The first kappa shape index (κ1) is 22.9. The third kappa shape index (κ3) is 13.1. The summed E-state index contributed by atoms with van der Waals surface area (Å²) >= 11 is 0. The number of carbonyl (C=O) groups excluding carboxylic acids is 1. The molecule has 3 unspecified atom stereocenters.